The third kappa shape index (κ3) is 3.67. The Bertz CT molecular complexity index is 200. The highest BCUT2D eigenvalue weighted by atomic mass is 19.4. The van der Waals surface area contributed by atoms with Crippen molar-refractivity contribution >= 4 is 0 Å². The van der Waals surface area contributed by atoms with Crippen LogP contribution in [0.15, 0.2) is 0 Å². The molecule has 0 amide bonds. The molecule has 1 nitrogen and oxygen atoms in total. The third-order valence-electron chi connectivity index (χ3n) is 3.47. The molecule has 1 N–H and O–H groups in total. The van der Waals surface area contributed by atoms with E-state index in [2.05, 4.69) is 0 Å². The van der Waals surface area contributed by atoms with Gasteiger partial charge in [-0.25, -0.2) is 0 Å². The highest BCUT2D eigenvalue weighted by Gasteiger charge is 2.43. The smallest absolute Gasteiger partial charge is 0.391 e. The van der Waals surface area contributed by atoms with Crippen LogP contribution in [0.2, 0.25) is 0 Å². The zero-order chi connectivity index (χ0) is 11.6. The molecule has 15 heavy (non-hydrogen) atoms. The van der Waals surface area contributed by atoms with E-state index in [0.717, 1.165) is 0 Å². The van der Waals surface area contributed by atoms with E-state index < -0.39 is 18.2 Å². The molecule has 4 unspecified atom stereocenters. The fourth-order valence-electron chi connectivity index (χ4n) is 2.48. The largest absolute Gasteiger partial charge is 0.393 e. The van der Waals surface area contributed by atoms with Gasteiger partial charge < -0.3 is 5.11 Å². The van der Waals surface area contributed by atoms with E-state index in [9.17, 15) is 18.3 Å². The van der Waals surface area contributed by atoms with Gasteiger partial charge >= 0.3 is 6.18 Å². The maximum atomic E-state index is 12.5. The fourth-order valence-corrected chi connectivity index (χ4v) is 2.48. The second kappa shape index (κ2) is 4.73. The molecular formula is C11H19F3O. The lowest BCUT2D eigenvalue weighted by atomic mass is 9.72. The van der Waals surface area contributed by atoms with Crippen molar-refractivity contribution in [1.29, 1.82) is 0 Å². The summed E-state index contributed by atoms with van der Waals surface area (Å²) in [7, 11) is 0. The molecule has 1 aliphatic carbocycles. The first-order chi connectivity index (χ1) is 6.80. The van der Waals surface area contributed by atoms with Gasteiger partial charge in [-0.3, -0.25) is 0 Å². The highest BCUT2D eigenvalue weighted by molar-refractivity contribution is 4.82. The van der Waals surface area contributed by atoms with Gasteiger partial charge in [0, 0.05) is 0 Å². The van der Waals surface area contributed by atoms with Gasteiger partial charge in [0.2, 0.25) is 0 Å². The maximum absolute atomic E-state index is 12.5. The van der Waals surface area contributed by atoms with E-state index >= 15 is 0 Å². The van der Waals surface area contributed by atoms with Crippen LogP contribution in [0, 0.1) is 17.8 Å². The molecule has 1 aliphatic rings. The Labute approximate surface area is 88.7 Å². The first kappa shape index (κ1) is 12.8. The molecule has 1 saturated carbocycles. The van der Waals surface area contributed by atoms with Crippen molar-refractivity contribution in [3.8, 4) is 0 Å². The van der Waals surface area contributed by atoms with Crippen molar-refractivity contribution in [2.75, 3.05) is 0 Å². The van der Waals surface area contributed by atoms with Crippen LogP contribution >= 0.6 is 0 Å². The molecule has 4 atom stereocenters. The Morgan fingerprint density at radius 1 is 1.33 bits per heavy atom. The molecule has 4 heteroatoms. The van der Waals surface area contributed by atoms with Crippen molar-refractivity contribution in [2.24, 2.45) is 17.8 Å². The molecule has 0 aromatic rings. The van der Waals surface area contributed by atoms with Crippen LogP contribution in [-0.4, -0.2) is 17.4 Å². The van der Waals surface area contributed by atoms with Crippen molar-refractivity contribution in [1.82, 2.24) is 0 Å². The van der Waals surface area contributed by atoms with E-state index in [0.29, 0.717) is 18.8 Å². The standard InChI is InChI=1S/C11H19F3O/c1-7-3-4-10(11(12,13)14)6-9(7)5-8(2)15/h7-10,15H,3-6H2,1-2H3. The molecule has 1 fully saturated rings. The Morgan fingerprint density at radius 3 is 2.40 bits per heavy atom. The molecule has 0 spiro atoms. The van der Waals surface area contributed by atoms with Gasteiger partial charge in [-0.15, -0.1) is 0 Å². The lowest BCUT2D eigenvalue weighted by Crippen LogP contribution is -2.33. The summed E-state index contributed by atoms with van der Waals surface area (Å²) < 4.78 is 37.5. The van der Waals surface area contributed by atoms with Crippen molar-refractivity contribution in [3.05, 3.63) is 0 Å². The Morgan fingerprint density at radius 2 is 1.93 bits per heavy atom. The molecule has 0 heterocycles. The molecular weight excluding hydrogens is 205 g/mol. The van der Waals surface area contributed by atoms with Crippen LogP contribution in [0.25, 0.3) is 0 Å². The molecule has 90 valence electrons. The van der Waals surface area contributed by atoms with Crippen LogP contribution in [-0.2, 0) is 0 Å². The summed E-state index contributed by atoms with van der Waals surface area (Å²) in [6.07, 6.45) is -2.99. The molecule has 0 saturated heterocycles. The highest BCUT2D eigenvalue weighted by Crippen LogP contribution is 2.43. The fraction of sp³-hybridized carbons (Fsp3) is 1.00. The first-order valence-electron chi connectivity index (χ1n) is 5.55. The van der Waals surface area contributed by atoms with Gasteiger partial charge in [0.05, 0.1) is 12.0 Å². The summed E-state index contributed by atoms with van der Waals surface area (Å²) in [5, 5.41) is 9.23. The van der Waals surface area contributed by atoms with Gasteiger partial charge in [-0.2, -0.15) is 13.2 Å². The minimum atomic E-state index is -4.06. The van der Waals surface area contributed by atoms with Gasteiger partial charge in [-0.1, -0.05) is 6.92 Å². The molecule has 0 aromatic carbocycles. The minimum Gasteiger partial charge on any atom is -0.393 e. The molecule has 1 rings (SSSR count). The second-order valence-corrected chi connectivity index (χ2v) is 4.87. The number of halogens is 3. The average molecular weight is 224 g/mol. The summed E-state index contributed by atoms with van der Waals surface area (Å²) in [4.78, 5) is 0. The first-order valence-corrected chi connectivity index (χ1v) is 5.55. The summed E-state index contributed by atoms with van der Waals surface area (Å²) in [5.74, 6) is -0.832. The van der Waals surface area contributed by atoms with E-state index in [1.165, 1.54) is 0 Å². The predicted molar refractivity (Wildman–Crippen MR) is 52.3 cm³/mol. The van der Waals surface area contributed by atoms with Crippen LogP contribution in [0.4, 0.5) is 13.2 Å². The number of aliphatic hydroxyl groups excluding tert-OH is 1. The number of hydrogen-bond acceptors (Lipinski definition) is 1. The van der Waals surface area contributed by atoms with E-state index in [-0.39, 0.29) is 18.8 Å². The van der Waals surface area contributed by atoms with Crippen LogP contribution in [0.3, 0.4) is 0 Å². The van der Waals surface area contributed by atoms with E-state index in [1.54, 1.807) is 6.92 Å². The Balaban J connectivity index is 2.56. The SMILES string of the molecule is CC(O)CC1CC(C(F)(F)F)CCC1C. The topological polar surface area (TPSA) is 20.2 Å². The summed E-state index contributed by atoms with van der Waals surface area (Å²) in [5.41, 5.74) is 0. The number of rotatable bonds is 2. The molecule has 0 aromatic heterocycles. The van der Waals surface area contributed by atoms with Crippen molar-refractivity contribution < 1.29 is 18.3 Å². The number of hydrogen-bond donors (Lipinski definition) is 1. The van der Waals surface area contributed by atoms with E-state index in [1.807, 2.05) is 6.92 Å². The monoisotopic (exact) mass is 224 g/mol. The van der Waals surface area contributed by atoms with Crippen molar-refractivity contribution in [3.63, 3.8) is 0 Å². The predicted octanol–water partition coefficient (Wildman–Crippen LogP) is 3.37. The second-order valence-electron chi connectivity index (χ2n) is 4.87. The lowest BCUT2D eigenvalue weighted by molar-refractivity contribution is -0.189. The summed E-state index contributed by atoms with van der Waals surface area (Å²) in [6.45, 7) is 3.63. The molecule has 0 bridgehead atoms. The van der Waals surface area contributed by atoms with Crippen molar-refractivity contribution in [2.45, 2.75) is 51.8 Å². The normalized spacial score (nSPS) is 35.2. The van der Waals surface area contributed by atoms with Gasteiger partial charge in [-0.05, 0) is 44.4 Å². The van der Waals surface area contributed by atoms with Gasteiger partial charge in [0.25, 0.3) is 0 Å². The zero-order valence-corrected chi connectivity index (χ0v) is 9.22. The minimum absolute atomic E-state index is 0.0189. The molecule has 0 aliphatic heterocycles. The quantitative estimate of drug-likeness (QED) is 0.762. The van der Waals surface area contributed by atoms with Gasteiger partial charge in [0.15, 0.2) is 0 Å². The van der Waals surface area contributed by atoms with Crippen LogP contribution < -0.4 is 0 Å². The summed E-state index contributed by atoms with van der Waals surface area (Å²) in [6, 6.07) is 0. The van der Waals surface area contributed by atoms with Gasteiger partial charge in [0.1, 0.15) is 0 Å². The Kier molecular flexibility index (Phi) is 4.04. The molecule has 0 radical (unpaired) electrons. The lowest BCUT2D eigenvalue weighted by Gasteiger charge is -2.35. The zero-order valence-electron chi connectivity index (χ0n) is 9.22. The maximum Gasteiger partial charge on any atom is 0.391 e. The van der Waals surface area contributed by atoms with E-state index in [4.69, 9.17) is 0 Å². The van der Waals surface area contributed by atoms with Crippen LogP contribution in [0.1, 0.15) is 39.5 Å². The summed E-state index contributed by atoms with van der Waals surface area (Å²) >= 11 is 0. The average Bonchev–Trinajstić information content (AvgIpc) is 2.06. The Hall–Kier alpha value is -0.250. The number of alkyl halides is 3. The third-order valence-corrected chi connectivity index (χ3v) is 3.47. The van der Waals surface area contributed by atoms with Crippen LogP contribution in [0.5, 0.6) is 0 Å². The number of aliphatic hydroxyl groups is 1.